The fraction of sp³-hybridized carbons (Fsp3) is 0. The molecular formula is C11H5Cl2FN2O4. The van der Waals surface area contributed by atoms with Crippen LogP contribution in [0.25, 0.3) is 0 Å². The number of anilines is 1. The second-order valence-corrected chi connectivity index (χ2v) is 4.40. The highest BCUT2D eigenvalue weighted by Crippen LogP contribution is 2.27. The van der Waals surface area contributed by atoms with Crippen molar-refractivity contribution in [2.24, 2.45) is 0 Å². The molecule has 2 rings (SSSR count). The van der Waals surface area contributed by atoms with E-state index in [1.807, 2.05) is 0 Å². The van der Waals surface area contributed by atoms with Crippen molar-refractivity contribution >= 4 is 40.8 Å². The Bertz CT molecular complexity index is 678. The Balaban J connectivity index is 2.21. The number of halogens is 3. The van der Waals surface area contributed by atoms with Gasteiger partial charge in [0.25, 0.3) is 5.91 Å². The van der Waals surface area contributed by atoms with Crippen molar-refractivity contribution in [1.29, 1.82) is 0 Å². The van der Waals surface area contributed by atoms with E-state index in [9.17, 15) is 14.0 Å². The number of hydrogen-bond acceptors (Lipinski definition) is 4. The minimum absolute atomic E-state index is 0.131. The van der Waals surface area contributed by atoms with Gasteiger partial charge in [0.05, 0.1) is 10.0 Å². The molecule has 9 heteroatoms. The maximum atomic E-state index is 13.2. The molecule has 1 aromatic heterocycles. The number of carbonyl (C=O) groups excluding carboxylic acids is 1. The smallest absolute Gasteiger partial charge is 0.374 e. The van der Waals surface area contributed by atoms with Crippen LogP contribution in [0.4, 0.5) is 10.1 Å². The van der Waals surface area contributed by atoms with E-state index in [0.29, 0.717) is 0 Å². The molecule has 1 amide bonds. The van der Waals surface area contributed by atoms with Gasteiger partial charge >= 0.3 is 5.97 Å². The molecule has 2 N–H and O–H groups in total. The van der Waals surface area contributed by atoms with E-state index in [1.165, 1.54) is 0 Å². The Labute approximate surface area is 121 Å². The molecule has 20 heavy (non-hydrogen) atoms. The lowest BCUT2D eigenvalue weighted by atomic mass is 10.3. The molecule has 104 valence electrons. The first-order valence-corrected chi connectivity index (χ1v) is 5.80. The maximum Gasteiger partial charge on any atom is 0.374 e. The second kappa shape index (κ2) is 5.48. The zero-order valence-electron chi connectivity index (χ0n) is 9.49. The summed E-state index contributed by atoms with van der Waals surface area (Å²) in [4.78, 5) is 22.3. The quantitative estimate of drug-likeness (QED) is 0.848. The molecule has 0 bridgehead atoms. The molecule has 6 nitrogen and oxygen atoms in total. The third-order valence-electron chi connectivity index (χ3n) is 2.20. The fourth-order valence-corrected chi connectivity index (χ4v) is 1.79. The van der Waals surface area contributed by atoms with Crippen LogP contribution in [-0.4, -0.2) is 22.1 Å². The average Bonchev–Trinajstić information content (AvgIpc) is 2.85. The zero-order valence-corrected chi connectivity index (χ0v) is 11.0. The molecule has 0 unspecified atom stereocenters. The summed E-state index contributed by atoms with van der Waals surface area (Å²) in [6.45, 7) is 0. The van der Waals surface area contributed by atoms with Crippen LogP contribution >= 0.6 is 23.2 Å². The van der Waals surface area contributed by atoms with E-state index in [1.54, 1.807) is 0 Å². The highest BCUT2D eigenvalue weighted by Gasteiger charge is 2.17. The molecule has 0 saturated heterocycles. The first kappa shape index (κ1) is 14.3. The van der Waals surface area contributed by atoms with E-state index < -0.39 is 23.5 Å². The Morgan fingerprint density at radius 2 is 1.85 bits per heavy atom. The lowest BCUT2D eigenvalue weighted by molar-refractivity contribution is 0.0651. The average molecular weight is 319 g/mol. The van der Waals surface area contributed by atoms with Gasteiger partial charge in [-0.25, -0.2) is 9.18 Å². The topological polar surface area (TPSA) is 92.4 Å². The molecule has 0 radical (unpaired) electrons. The van der Waals surface area contributed by atoms with Crippen LogP contribution in [-0.2, 0) is 0 Å². The predicted octanol–water partition coefficient (Wildman–Crippen LogP) is 3.07. The van der Waals surface area contributed by atoms with Crippen LogP contribution in [0, 0.1) is 5.82 Å². The number of carbonyl (C=O) groups is 2. The number of benzene rings is 1. The Morgan fingerprint density at radius 3 is 2.35 bits per heavy atom. The summed E-state index contributed by atoms with van der Waals surface area (Å²) >= 11 is 11.1. The molecule has 0 aliphatic rings. The molecule has 2 aromatic rings. The van der Waals surface area contributed by atoms with Crippen molar-refractivity contribution in [3.05, 3.63) is 45.5 Å². The van der Waals surface area contributed by atoms with Crippen LogP contribution in [0.3, 0.4) is 0 Å². The SMILES string of the molecule is O=C(Nc1cc(Cl)c(F)c(Cl)c1)c1cc(C(=O)O)on1. The summed E-state index contributed by atoms with van der Waals surface area (Å²) in [5.74, 6) is -3.39. The van der Waals surface area contributed by atoms with Gasteiger partial charge in [0.1, 0.15) is 0 Å². The van der Waals surface area contributed by atoms with Crippen LogP contribution in [0.5, 0.6) is 0 Å². The zero-order chi connectivity index (χ0) is 14.9. The monoisotopic (exact) mass is 318 g/mol. The van der Waals surface area contributed by atoms with E-state index in [2.05, 4.69) is 15.0 Å². The third kappa shape index (κ3) is 2.89. The van der Waals surface area contributed by atoms with Gasteiger partial charge in [-0.15, -0.1) is 0 Å². The van der Waals surface area contributed by atoms with Crippen molar-refractivity contribution in [3.8, 4) is 0 Å². The molecule has 0 saturated carbocycles. The van der Waals surface area contributed by atoms with Crippen molar-refractivity contribution in [2.45, 2.75) is 0 Å². The molecule has 0 aliphatic heterocycles. The van der Waals surface area contributed by atoms with Gasteiger partial charge in [0, 0.05) is 11.8 Å². The maximum absolute atomic E-state index is 13.2. The van der Waals surface area contributed by atoms with Gasteiger partial charge in [0.15, 0.2) is 11.5 Å². The van der Waals surface area contributed by atoms with Gasteiger partial charge in [-0.2, -0.15) is 0 Å². The fourth-order valence-electron chi connectivity index (χ4n) is 1.31. The molecule has 0 spiro atoms. The Hall–Kier alpha value is -2.12. The lowest BCUT2D eigenvalue weighted by Crippen LogP contribution is -2.12. The van der Waals surface area contributed by atoms with E-state index in [4.69, 9.17) is 28.3 Å². The molecule has 0 aliphatic carbocycles. The molecule has 1 heterocycles. The van der Waals surface area contributed by atoms with Crippen molar-refractivity contribution in [1.82, 2.24) is 5.16 Å². The predicted molar refractivity (Wildman–Crippen MR) is 67.8 cm³/mol. The number of carboxylic acids is 1. The molecule has 1 aromatic carbocycles. The second-order valence-electron chi connectivity index (χ2n) is 3.59. The van der Waals surface area contributed by atoms with Crippen LogP contribution in [0.15, 0.2) is 22.7 Å². The van der Waals surface area contributed by atoms with Crippen molar-refractivity contribution < 1.29 is 23.6 Å². The van der Waals surface area contributed by atoms with Crippen LogP contribution < -0.4 is 5.32 Å². The number of rotatable bonds is 3. The van der Waals surface area contributed by atoms with E-state index >= 15 is 0 Å². The van der Waals surface area contributed by atoms with Gasteiger partial charge < -0.3 is 14.9 Å². The van der Waals surface area contributed by atoms with Crippen molar-refractivity contribution in [2.75, 3.05) is 5.32 Å². The third-order valence-corrected chi connectivity index (χ3v) is 2.75. The molecular weight excluding hydrogens is 314 g/mol. The minimum atomic E-state index is -1.36. The van der Waals surface area contributed by atoms with Gasteiger partial charge in [-0.05, 0) is 12.1 Å². The lowest BCUT2D eigenvalue weighted by Gasteiger charge is -2.05. The number of nitrogens with one attached hydrogen (secondary N) is 1. The van der Waals surface area contributed by atoms with E-state index in [-0.39, 0.29) is 21.4 Å². The molecule has 0 atom stereocenters. The minimum Gasteiger partial charge on any atom is -0.475 e. The summed E-state index contributed by atoms with van der Waals surface area (Å²) in [7, 11) is 0. The Morgan fingerprint density at radius 1 is 1.25 bits per heavy atom. The largest absolute Gasteiger partial charge is 0.475 e. The Kier molecular flexibility index (Phi) is 3.91. The van der Waals surface area contributed by atoms with Crippen molar-refractivity contribution in [3.63, 3.8) is 0 Å². The van der Waals surface area contributed by atoms with Gasteiger partial charge in [0.2, 0.25) is 5.76 Å². The highest BCUT2D eigenvalue weighted by molar-refractivity contribution is 6.35. The summed E-state index contributed by atoms with van der Waals surface area (Å²) in [5, 5.41) is 13.7. The summed E-state index contributed by atoms with van der Waals surface area (Å²) < 4.78 is 17.6. The summed E-state index contributed by atoms with van der Waals surface area (Å²) in [5.41, 5.74) is -0.120. The number of amides is 1. The van der Waals surface area contributed by atoms with Crippen LogP contribution in [0.1, 0.15) is 21.0 Å². The molecule has 0 fully saturated rings. The first-order chi connectivity index (χ1) is 9.38. The van der Waals surface area contributed by atoms with Crippen LogP contribution in [0.2, 0.25) is 10.0 Å². The normalized spacial score (nSPS) is 10.3. The number of aromatic carboxylic acids is 1. The van der Waals surface area contributed by atoms with Gasteiger partial charge in [-0.1, -0.05) is 28.4 Å². The summed E-state index contributed by atoms with van der Waals surface area (Å²) in [6, 6.07) is 3.25. The number of carboxylic acid groups (broad SMARTS) is 1. The number of nitrogens with zero attached hydrogens (tertiary/aromatic N) is 1. The summed E-state index contributed by atoms with van der Waals surface area (Å²) in [6.07, 6.45) is 0. The van der Waals surface area contributed by atoms with E-state index in [0.717, 1.165) is 18.2 Å². The highest BCUT2D eigenvalue weighted by atomic mass is 35.5. The van der Waals surface area contributed by atoms with Gasteiger partial charge in [-0.3, -0.25) is 4.79 Å². The number of hydrogen-bond donors (Lipinski definition) is 2. The number of aromatic nitrogens is 1. The standard InChI is InChI=1S/C11H5Cl2FN2O4/c12-5-1-4(2-6(13)9(5)14)15-10(17)7-3-8(11(18)19)20-16-7/h1-3H,(H,15,17)(H,18,19). The first-order valence-electron chi connectivity index (χ1n) is 5.04.